The maximum Gasteiger partial charge on any atom is 0.333 e. The molecule has 0 N–H and O–H groups in total. The lowest BCUT2D eigenvalue weighted by molar-refractivity contribution is -0.147. The lowest BCUT2D eigenvalue weighted by Gasteiger charge is -2.12. The highest BCUT2D eigenvalue weighted by Gasteiger charge is 2.17. The molecule has 0 aliphatic rings. The number of hydrogen-bond donors (Lipinski definition) is 0. The molecule has 1 atom stereocenters. The molecule has 16 heavy (non-hydrogen) atoms. The van der Waals surface area contributed by atoms with E-state index in [9.17, 15) is 14.4 Å². The van der Waals surface area contributed by atoms with Gasteiger partial charge < -0.3 is 9.47 Å². The molecule has 5 heteroatoms. The molecule has 0 aromatic heterocycles. The van der Waals surface area contributed by atoms with Crippen LogP contribution in [0.4, 0.5) is 0 Å². The molecule has 0 amide bonds. The fourth-order valence-electron chi connectivity index (χ4n) is 0.905. The average molecular weight is 228 g/mol. The van der Waals surface area contributed by atoms with Gasteiger partial charge in [0.05, 0.1) is 13.7 Å². The molecule has 1 unspecified atom stereocenters. The van der Waals surface area contributed by atoms with E-state index in [4.69, 9.17) is 4.74 Å². The molecule has 0 aliphatic carbocycles. The van der Waals surface area contributed by atoms with Crippen LogP contribution in [0.3, 0.4) is 0 Å². The number of carbonyl (C=O) groups is 3. The number of methoxy groups -OCH3 is 1. The summed E-state index contributed by atoms with van der Waals surface area (Å²) in [6, 6.07) is 0. The predicted octanol–water partition coefficient (Wildman–Crippen LogP) is 0.874. The van der Waals surface area contributed by atoms with Gasteiger partial charge >= 0.3 is 11.9 Å². The summed E-state index contributed by atoms with van der Waals surface area (Å²) in [7, 11) is 1.25. The normalized spacial score (nSPS) is 11.4. The van der Waals surface area contributed by atoms with E-state index in [0.717, 1.165) is 0 Å². The molecule has 0 saturated heterocycles. The number of hydrogen-bond acceptors (Lipinski definition) is 5. The van der Waals surface area contributed by atoms with E-state index in [-0.39, 0.29) is 30.3 Å². The van der Waals surface area contributed by atoms with Gasteiger partial charge in [0.2, 0.25) is 0 Å². The topological polar surface area (TPSA) is 69.7 Å². The third-order valence-electron chi connectivity index (χ3n) is 1.93. The first-order valence-corrected chi connectivity index (χ1v) is 4.80. The van der Waals surface area contributed by atoms with Crippen LogP contribution in [0.1, 0.15) is 20.3 Å². The number of rotatable bonds is 6. The molecule has 0 radical (unpaired) electrons. The summed E-state index contributed by atoms with van der Waals surface area (Å²) in [5, 5.41) is 0. The largest absolute Gasteiger partial charge is 0.466 e. The monoisotopic (exact) mass is 228 g/mol. The summed E-state index contributed by atoms with van der Waals surface area (Å²) in [5.41, 5.74) is 0.234. The van der Waals surface area contributed by atoms with Crippen LogP contribution in [0.2, 0.25) is 0 Å². The summed E-state index contributed by atoms with van der Waals surface area (Å²) >= 11 is 0. The van der Waals surface area contributed by atoms with Gasteiger partial charge in [0.15, 0.2) is 0 Å². The first-order valence-electron chi connectivity index (χ1n) is 4.80. The Morgan fingerprint density at radius 3 is 2.31 bits per heavy atom. The van der Waals surface area contributed by atoms with Gasteiger partial charge in [-0.15, -0.1) is 0 Å². The minimum absolute atomic E-state index is 0.0139. The standard InChI is InChI=1S/C11H16O5/c1-7(9(3)11(14)15-4)6-16-10(13)5-8(2)12/h7H,3,5-6H2,1-2,4H3. The van der Waals surface area contributed by atoms with E-state index >= 15 is 0 Å². The van der Waals surface area contributed by atoms with Crippen molar-refractivity contribution in [3.63, 3.8) is 0 Å². The molecular formula is C11H16O5. The smallest absolute Gasteiger partial charge is 0.333 e. The highest BCUT2D eigenvalue weighted by atomic mass is 16.5. The Kier molecular flexibility index (Phi) is 6.07. The van der Waals surface area contributed by atoms with Crippen LogP contribution in [-0.2, 0) is 23.9 Å². The second-order valence-electron chi connectivity index (χ2n) is 3.48. The average Bonchev–Trinajstić information content (AvgIpc) is 2.22. The second-order valence-corrected chi connectivity index (χ2v) is 3.48. The third-order valence-corrected chi connectivity index (χ3v) is 1.93. The Morgan fingerprint density at radius 1 is 1.31 bits per heavy atom. The first kappa shape index (κ1) is 14.3. The zero-order valence-electron chi connectivity index (χ0n) is 9.74. The minimum Gasteiger partial charge on any atom is -0.466 e. The SMILES string of the molecule is C=C(C(=O)OC)C(C)COC(=O)CC(C)=O. The second kappa shape index (κ2) is 6.76. The van der Waals surface area contributed by atoms with Crippen molar-refractivity contribution in [3.8, 4) is 0 Å². The quantitative estimate of drug-likeness (QED) is 0.383. The van der Waals surface area contributed by atoms with E-state index in [1.807, 2.05) is 0 Å². The summed E-state index contributed by atoms with van der Waals surface area (Å²) in [4.78, 5) is 32.7. The van der Waals surface area contributed by atoms with Gasteiger partial charge in [-0.1, -0.05) is 13.5 Å². The zero-order chi connectivity index (χ0) is 12.7. The van der Waals surface area contributed by atoms with Gasteiger partial charge in [0.1, 0.15) is 12.2 Å². The van der Waals surface area contributed by atoms with Crippen molar-refractivity contribution in [2.45, 2.75) is 20.3 Å². The molecule has 90 valence electrons. The van der Waals surface area contributed by atoms with E-state index in [1.54, 1.807) is 6.92 Å². The molecule has 0 spiro atoms. The molecule has 0 rings (SSSR count). The van der Waals surface area contributed by atoms with Crippen molar-refractivity contribution in [2.24, 2.45) is 5.92 Å². The molecular weight excluding hydrogens is 212 g/mol. The van der Waals surface area contributed by atoms with Crippen LogP contribution in [0.25, 0.3) is 0 Å². The van der Waals surface area contributed by atoms with Crippen LogP contribution in [-0.4, -0.2) is 31.4 Å². The summed E-state index contributed by atoms with van der Waals surface area (Å²) in [5.74, 6) is -1.72. The number of carbonyl (C=O) groups excluding carboxylic acids is 3. The van der Waals surface area contributed by atoms with Crippen LogP contribution >= 0.6 is 0 Å². The highest BCUT2D eigenvalue weighted by Crippen LogP contribution is 2.10. The van der Waals surface area contributed by atoms with Gasteiger partial charge in [-0.25, -0.2) is 4.79 Å². The van der Waals surface area contributed by atoms with Gasteiger partial charge in [0, 0.05) is 11.5 Å². The maximum absolute atomic E-state index is 11.1. The Bertz CT molecular complexity index is 305. The lowest BCUT2D eigenvalue weighted by atomic mass is 10.0. The first-order chi connectivity index (χ1) is 7.38. The van der Waals surface area contributed by atoms with Crippen molar-refractivity contribution in [3.05, 3.63) is 12.2 Å². The van der Waals surface area contributed by atoms with Crippen LogP contribution in [0, 0.1) is 5.92 Å². The molecule has 0 bridgehead atoms. The number of ether oxygens (including phenoxy) is 2. The molecule has 0 heterocycles. The summed E-state index contributed by atoms with van der Waals surface area (Å²) < 4.78 is 9.27. The van der Waals surface area contributed by atoms with Crippen molar-refractivity contribution < 1.29 is 23.9 Å². The van der Waals surface area contributed by atoms with Crippen LogP contribution in [0.15, 0.2) is 12.2 Å². The lowest BCUT2D eigenvalue weighted by Crippen LogP contribution is -2.19. The molecule has 5 nitrogen and oxygen atoms in total. The summed E-state index contributed by atoms with van der Waals surface area (Å²) in [6.07, 6.45) is -0.253. The minimum atomic E-state index is -0.600. The molecule has 0 aromatic rings. The Morgan fingerprint density at radius 2 is 1.88 bits per heavy atom. The molecule has 0 aromatic carbocycles. The maximum atomic E-state index is 11.1. The Labute approximate surface area is 94.4 Å². The Balaban J connectivity index is 4.02. The van der Waals surface area contributed by atoms with E-state index in [1.165, 1.54) is 14.0 Å². The predicted molar refractivity (Wildman–Crippen MR) is 56.6 cm³/mol. The summed E-state index contributed by atoms with van der Waals surface area (Å²) in [6.45, 7) is 6.53. The van der Waals surface area contributed by atoms with Crippen LogP contribution < -0.4 is 0 Å². The van der Waals surface area contributed by atoms with Gasteiger partial charge in [0.25, 0.3) is 0 Å². The van der Waals surface area contributed by atoms with E-state index in [2.05, 4.69) is 11.3 Å². The fourth-order valence-corrected chi connectivity index (χ4v) is 0.905. The van der Waals surface area contributed by atoms with Gasteiger partial charge in [-0.05, 0) is 6.92 Å². The van der Waals surface area contributed by atoms with Crippen LogP contribution in [0.5, 0.6) is 0 Å². The number of Topliss-reactive ketones (excluding diaryl/α,β-unsaturated/α-hetero) is 1. The van der Waals surface area contributed by atoms with E-state index < -0.39 is 11.9 Å². The van der Waals surface area contributed by atoms with Crippen molar-refractivity contribution >= 4 is 17.7 Å². The molecule has 0 saturated carbocycles. The van der Waals surface area contributed by atoms with Crippen molar-refractivity contribution in [2.75, 3.05) is 13.7 Å². The molecule has 0 fully saturated rings. The number of esters is 2. The van der Waals surface area contributed by atoms with Gasteiger partial charge in [-0.2, -0.15) is 0 Å². The van der Waals surface area contributed by atoms with Gasteiger partial charge in [-0.3, -0.25) is 9.59 Å². The zero-order valence-corrected chi connectivity index (χ0v) is 9.74. The van der Waals surface area contributed by atoms with Crippen molar-refractivity contribution in [1.82, 2.24) is 0 Å². The Hall–Kier alpha value is -1.65. The van der Waals surface area contributed by atoms with E-state index in [0.29, 0.717) is 0 Å². The third kappa shape index (κ3) is 5.29. The molecule has 0 aliphatic heterocycles. The highest BCUT2D eigenvalue weighted by molar-refractivity contribution is 5.94. The fraction of sp³-hybridized carbons (Fsp3) is 0.545. The number of ketones is 1. The van der Waals surface area contributed by atoms with Crippen molar-refractivity contribution in [1.29, 1.82) is 0 Å².